The molecule has 1 aliphatic rings. The number of nitrogens with zero attached hydrogens (tertiary/aromatic N) is 2. The van der Waals surface area contributed by atoms with E-state index in [-0.39, 0.29) is 12.0 Å². The molecule has 0 bridgehead atoms. The molecule has 1 aromatic heterocycles. The Morgan fingerprint density at radius 3 is 2.76 bits per heavy atom. The molecule has 0 unspecified atom stereocenters. The van der Waals surface area contributed by atoms with Crippen molar-refractivity contribution in [2.45, 2.75) is 39.2 Å². The third kappa shape index (κ3) is 6.45. The average Bonchev–Trinajstić information content (AvgIpc) is 2.64. The minimum absolute atomic E-state index is 0.0681. The standard InChI is InChI=1S/C18H28ClN3O3/c1-3-22(4-2)9-5-8-20-17(23)14-12-16(19)18(21-13-14)25-15-6-10-24-11-7-15/h12-13,15H,3-11H2,1-2H3,(H,20,23). The van der Waals surface area contributed by atoms with Crippen LogP contribution >= 0.6 is 11.6 Å². The maximum absolute atomic E-state index is 12.2. The van der Waals surface area contributed by atoms with E-state index in [1.165, 1.54) is 6.20 Å². The van der Waals surface area contributed by atoms with Crippen LogP contribution in [0.5, 0.6) is 5.88 Å². The molecule has 1 N–H and O–H groups in total. The second-order valence-electron chi connectivity index (χ2n) is 6.08. The molecule has 1 amide bonds. The maximum atomic E-state index is 12.2. The molecule has 0 atom stereocenters. The molecule has 2 rings (SSSR count). The number of rotatable bonds is 9. The minimum Gasteiger partial charge on any atom is -0.473 e. The van der Waals surface area contributed by atoms with Crippen molar-refractivity contribution >= 4 is 17.5 Å². The summed E-state index contributed by atoms with van der Waals surface area (Å²) in [5.74, 6) is 0.221. The zero-order chi connectivity index (χ0) is 18.1. The number of amides is 1. The van der Waals surface area contributed by atoms with Crippen LogP contribution in [0, 0.1) is 0 Å². The van der Waals surface area contributed by atoms with Gasteiger partial charge in [0.2, 0.25) is 5.88 Å². The van der Waals surface area contributed by atoms with E-state index in [1.54, 1.807) is 6.07 Å². The Labute approximate surface area is 154 Å². The lowest BCUT2D eigenvalue weighted by Gasteiger charge is -2.23. The van der Waals surface area contributed by atoms with E-state index in [9.17, 15) is 4.79 Å². The van der Waals surface area contributed by atoms with E-state index < -0.39 is 0 Å². The Kier molecular flexibility index (Phi) is 8.44. The van der Waals surface area contributed by atoms with Gasteiger partial charge in [-0.1, -0.05) is 25.4 Å². The third-order valence-corrected chi connectivity index (χ3v) is 4.62. The second kappa shape index (κ2) is 10.6. The third-order valence-electron chi connectivity index (χ3n) is 4.35. The van der Waals surface area contributed by atoms with Crippen LogP contribution in [0.2, 0.25) is 5.02 Å². The fourth-order valence-corrected chi connectivity index (χ4v) is 2.95. The van der Waals surface area contributed by atoms with Crippen LogP contribution in [0.25, 0.3) is 0 Å². The van der Waals surface area contributed by atoms with Crippen LogP contribution in [0.3, 0.4) is 0 Å². The monoisotopic (exact) mass is 369 g/mol. The van der Waals surface area contributed by atoms with Crippen LogP contribution in [-0.2, 0) is 4.74 Å². The summed E-state index contributed by atoms with van der Waals surface area (Å²) >= 11 is 6.23. The Balaban J connectivity index is 1.81. The van der Waals surface area contributed by atoms with E-state index in [1.807, 2.05) is 0 Å². The van der Waals surface area contributed by atoms with Gasteiger partial charge in [-0.25, -0.2) is 4.98 Å². The number of ether oxygens (including phenoxy) is 2. The lowest BCUT2D eigenvalue weighted by Crippen LogP contribution is -2.30. The van der Waals surface area contributed by atoms with Crippen LogP contribution in [-0.4, -0.2) is 61.3 Å². The lowest BCUT2D eigenvalue weighted by molar-refractivity contribution is 0.0238. The van der Waals surface area contributed by atoms with E-state index in [0.29, 0.717) is 36.2 Å². The highest BCUT2D eigenvalue weighted by Crippen LogP contribution is 2.25. The van der Waals surface area contributed by atoms with Crippen molar-refractivity contribution in [3.8, 4) is 5.88 Å². The molecule has 0 spiro atoms. The van der Waals surface area contributed by atoms with Crippen molar-refractivity contribution in [3.05, 3.63) is 22.8 Å². The van der Waals surface area contributed by atoms with E-state index in [4.69, 9.17) is 21.1 Å². The SMILES string of the molecule is CCN(CC)CCCNC(=O)c1cnc(OC2CCOCC2)c(Cl)c1. The molecule has 1 aliphatic heterocycles. The Morgan fingerprint density at radius 2 is 2.12 bits per heavy atom. The zero-order valence-electron chi connectivity index (χ0n) is 15.1. The number of carbonyl (C=O) groups is 1. The second-order valence-corrected chi connectivity index (χ2v) is 6.48. The summed E-state index contributed by atoms with van der Waals surface area (Å²) in [6, 6.07) is 1.61. The van der Waals surface area contributed by atoms with Crippen LogP contribution in [0.4, 0.5) is 0 Å². The highest BCUT2D eigenvalue weighted by molar-refractivity contribution is 6.32. The number of hydrogen-bond donors (Lipinski definition) is 1. The first-order chi connectivity index (χ1) is 12.1. The summed E-state index contributed by atoms with van der Waals surface area (Å²) in [5, 5.41) is 3.27. The predicted molar refractivity (Wildman–Crippen MR) is 98.5 cm³/mol. The molecule has 6 nitrogen and oxygen atoms in total. The fraction of sp³-hybridized carbons (Fsp3) is 0.667. The first kappa shape index (κ1) is 19.9. The summed E-state index contributed by atoms with van der Waals surface area (Å²) < 4.78 is 11.1. The molecule has 0 radical (unpaired) electrons. The van der Waals surface area contributed by atoms with Gasteiger partial charge in [-0.3, -0.25) is 4.79 Å². The van der Waals surface area contributed by atoms with E-state index >= 15 is 0 Å². The van der Waals surface area contributed by atoms with Crippen molar-refractivity contribution in [1.29, 1.82) is 0 Å². The van der Waals surface area contributed by atoms with Gasteiger partial charge in [0, 0.05) is 25.6 Å². The van der Waals surface area contributed by atoms with Crippen molar-refractivity contribution < 1.29 is 14.3 Å². The van der Waals surface area contributed by atoms with Gasteiger partial charge in [0.15, 0.2) is 0 Å². The molecule has 140 valence electrons. The maximum Gasteiger partial charge on any atom is 0.252 e. The first-order valence-electron chi connectivity index (χ1n) is 9.04. The van der Waals surface area contributed by atoms with Crippen LogP contribution in [0.15, 0.2) is 12.3 Å². The Hall–Kier alpha value is -1.37. The number of carbonyl (C=O) groups excluding carboxylic acids is 1. The quantitative estimate of drug-likeness (QED) is 0.678. The fourth-order valence-electron chi connectivity index (χ4n) is 2.73. The summed E-state index contributed by atoms with van der Waals surface area (Å²) in [4.78, 5) is 18.7. The Bertz CT molecular complexity index is 546. The number of nitrogens with one attached hydrogen (secondary N) is 1. The smallest absolute Gasteiger partial charge is 0.252 e. The van der Waals surface area contributed by atoms with Gasteiger partial charge in [-0.2, -0.15) is 0 Å². The van der Waals surface area contributed by atoms with Gasteiger partial charge in [-0.15, -0.1) is 0 Å². The van der Waals surface area contributed by atoms with Gasteiger partial charge in [-0.05, 0) is 32.1 Å². The average molecular weight is 370 g/mol. The summed E-state index contributed by atoms with van der Waals surface area (Å²) in [5.41, 5.74) is 0.451. The minimum atomic E-state index is -0.161. The van der Waals surface area contributed by atoms with Crippen LogP contribution in [0.1, 0.15) is 43.5 Å². The molecule has 0 aromatic carbocycles. The highest BCUT2D eigenvalue weighted by atomic mass is 35.5. The van der Waals surface area contributed by atoms with Crippen molar-refractivity contribution in [2.75, 3.05) is 39.4 Å². The van der Waals surface area contributed by atoms with Gasteiger partial charge in [0.25, 0.3) is 5.91 Å². The van der Waals surface area contributed by atoms with Gasteiger partial charge in [0.1, 0.15) is 11.1 Å². The number of aromatic nitrogens is 1. The summed E-state index contributed by atoms with van der Waals surface area (Å²) in [6.07, 6.45) is 4.15. The normalized spacial score (nSPS) is 15.4. The molecular weight excluding hydrogens is 342 g/mol. The topological polar surface area (TPSA) is 63.7 Å². The predicted octanol–water partition coefficient (Wildman–Crippen LogP) is 2.75. The first-order valence-corrected chi connectivity index (χ1v) is 9.42. The van der Waals surface area contributed by atoms with E-state index in [0.717, 1.165) is 38.9 Å². The summed E-state index contributed by atoms with van der Waals surface area (Å²) in [7, 11) is 0. The van der Waals surface area contributed by atoms with Crippen LogP contribution < -0.4 is 10.1 Å². The molecule has 1 aromatic rings. The highest BCUT2D eigenvalue weighted by Gasteiger charge is 2.18. The van der Waals surface area contributed by atoms with Crippen molar-refractivity contribution in [2.24, 2.45) is 0 Å². The number of halogens is 1. The Morgan fingerprint density at radius 1 is 1.40 bits per heavy atom. The largest absolute Gasteiger partial charge is 0.473 e. The van der Waals surface area contributed by atoms with Gasteiger partial charge >= 0.3 is 0 Å². The summed E-state index contributed by atoms with van der Waals surface area (Å²) in [6.45, 7) is 9.32. The van der Waals surface area contributed by atoms with E-state index in [2.05, 4.69) is 29.0 Å². The molecule has 7 heteroatoms. The molecule has 2 heterocycles. The lowest BCUT2D eigenvalue weighted by atomic mass is 10.1. The molecule has 0 saturated carbocycles. The van der Waals surface area contributed by atoms with Crippen molar-refractivity contribution in [1.82, 2.24) is 15.2 Å². The molecule has 25 heavy (non-hydrogen) atoms. The molecule has 0 aliphatic carbocycles. The molecular formula is C18H28ClN3O3. The zero-order valence-corrected chi connectivity index (χ0v) is 15.8. The number of pyridine rings is 1. The molecule has 1 saturated heterocycles. The van der Waals surface area contributed by atoms with Crippen molar-refractivity contribution in [3.63, 3.8) is 0 Å². The molecule has 1 fully saturated rings. The number of hydrogen-bond acceptors (Lipinski definition) is 5. The van der Waals surface area contributed by atoms with Gasteiger partial charge < -0.3 is 19.7 Å². The van der Waals surface area contributed by atoms with Gasteiger partial charge in [0.05, 0.1) is 18.8 Å².